The summed E-state index contributed by atoms with van der Waals surface area (Å²) in [6.45, 7) is 1.21. The zero-order chi connectivity index (χ0) is 19.3. The smallest absolute Gasteiger partial charge is 0.203 e. The summed E-state index contributed by atoms with van der Waals surface area (Å²) in [5.41, 5.74) is -7.68. The molecule has 2 aromatic rings. The zero-order valence-corrected chi connectivity index (χ0v) is 12.0. The molecule has 2 aromatic carbocycles. The summed E-state index contributed by atoms with van der Waals surface area (Å²) < 4.78 is 132. The van der Waals surface area contributed by atoms with Crippen LogP contribution in [0.2, 0.25) is 0 Å². The van der Waals surface area contributed by atoms with Crippen LogP contribution in [0, 0.1) is 30.2 Å². The molecule has 0 atom stereocenters. The Morgan fingerprint density at radius 1 is 0.680 bits per heavy atom. The molecule has 0 bridgehead atoms. The number of hydrogen-bond acceptors (Lipinski definition) is 0. The number of alkyl halides is 6. The fraction of sp³-hybridized carbons (Fsp3) is 0.200. The Balaban J connectivity index is 2.93. The van der Waals surface area contributed by atoms with Gasteiger partial charge in [0.1, 0.15) is 5.56 Å². The Kier molecular flexibility index (Phi) is 4.52. The molecule has 2 rings (SSSR count). The van der Waals surface area contributed by atoms with E-state index >= 15 is 0 Å². The molecule has 0 aliphatic carbocycles. The second-order valence-electron chi connectivity index (χ2n) is 5.05. The van der Waals surface area contributed by atoms with Gasteiger partial charge in [-0.15, -0.1) is 0 Å². The first kappa shape index (κ1) is 19.1. The summed E-state index contributed by atoms with van der Waals surface area (Å²) in [6, 6.07) is 1.92. The minimum absolute atomic E-state index is 0.00440. The number of rotatable bonds is 1. The van der Waals surface area contributed by atoms with E-state index in [1.54, 1.807) is 0 Å². The number of hydrogen-bond donors (Lipinski definition) is 0. The quantitative estimate of drug-likeness (QED) is 0.407. The fourth-order valence-electron chi connectivity index (χ4n) is 2.23. The van der Waals surface area contributed by atoms with Crippen molar-refractivity contribution in [3.05, 3.63) is 58.2 Å². The van der Waals surface area contributed by atoms with Crippen LogP contribution in [-0.4, -0.2) is 0 Å². The highest BCUT2D eigenvalue weighted by Gasteiger charge is 2.43. The van der Waals surface area contributed by atoms with Crippen molar-refractivity contribution in [1.29, 1.82) is 0 Å². The molecule has 0 heterocycles. The second kappa shape index (κ2) is 5.92. The van der Waals surface area contributed by atoms with Crippen molar-refractivity contribution in [3.8, 4) is 11.1 Å². The highest BCUT2D eigenvalue weighted by atomic mass is 19.4. The molecule has 0 nitrogen and oxygen atoms in total. The first-order valence-corrected chi connectivity index (χ1v) is 6.38. The van der Waals surface area contributed by atoms with E-state index in [0.717, 1.165) is 6.07 Å². The number of aryl methyl sites for hydroxylation is 1. The summed E-state index contributed by atoms with van der Waals surface area (Å²) >= 11 is 0. The van der Waals surface area contributed by atoms with E-state index in [2.05, 4.69) is 0 Å². The lowest BCUT2D eigenvalue weighted by Crippen LogP contribution is -2.17. The molecule has 136 valence electrons. The Morgan fingerprint density at radius 2 is 1.16 bits per heavy atom. The van der Waals surface area contributed by atoms with E-state index in [1.807, 2.05) is 0 Å². The average Bonchev–Trinajstić information content (AvgIpc) is 2.44. The zero-order valence-electron chi connectivity index (χ0n) is 12.0. The molecule has 0 aliphatic rings. The van der Waals surface area contributed by atoms with Crippen LogP contribution >= 0.6 is 0 Å². The van der Waals surface area contributed by atoms with E-state index < -0.39 is 57.9 Å². The first-order valence-electron chi connectivity index (χ1n) is 6.38. The molecule has 0 aromatic heterocycles. The summed E-state index contributed by atoms with van der Waals surface area (Å²) in [4.78, 5) is 0. The van der Waals surface area contributed by atoms with E-state index in [4.69, 9.17) is 0 Å². The van der Waals surface area contributed by atoms with Crippen LogP contribution in [0.4, 0.5) is 43.9 Å². The molecule has 0 N–H and O–H groups in total. The molecule has 0 aliphatic heterocycles. The van der Waals surface area contributed by atoms with Gasteiger partial charge in [-0.3, -0.25) is 0 Å². The van der Waals surface area contributed by atoms with Crippen LogP contribution in [0.15, 0.2) is 18.2 Å². The highest BCUT2D eigenvalue weighted by Crippen LogP contribution is 2.43. The largest absolute Gasteiger partial charge is 0.422 e. The molecule has 0 fully saturated rings. The summed E-state index contributed by atoms with van der Waals surface area (Å²) in [7, 11) is 0. The van der Waals surface area contributed by atoms with Gasteiger partial charge < -0.3 is 0 Å². The molecule has 0 unspecified atom stereocenters. The molecule has 0 saturated carbocycles. The topological polar surface area (TPSA) is 0 Å². The minimum atomic E-state index is -5.78. The Hall–Kier alpha value is -2.26. The minimum Gasteiger partial charge on any atom is -0.203 e. The highest BCUT2D eigenvalue weighted by molar-refractivity contribution is 5.70. The Morgan fingerprint density at radius 3 is 1.56 bits per heavy atom. The normalized spacial score (nSPS) is 12.6. The van der Waals surface area contributed by atoms with Crippen LogP contribution in [0.3, 0.4) is 0 Å². The van der Waals surface area contributed by atoms with Gasteiger partial charge in [0.2, 0.25) is 0 Å². The second-order valence-corrected chi connectivity index (χ2v) is 5.05. The van der Waals surface area contributed by atoms with Crippen LogP contribution in [0.1, 0.15) is 16.7 Å². The molecule has 0 radical (unpaired) electrons. The van der Waals surface area contributed by atoms with Crippen LogP contribution in [-0.2, 0) is 12.4 Å². The molecule has 10 heteroatoms. The number of halogens is 10. The van der Waals surface area contributed by atoms with Gasteiger partial charge in [-0.25, -0.2) is 17.6 Å². The lowest BCUT2D eigenvalue weighted by atomic mass is 9.94. The van der Waals surface area contributed by atoms with Gasteiger partial charge in [0.25, 0.3) is 0 Å². The van der Waals surface area contributed by atoms with E-state index in [0.29, 0.717) is 12.1 Å². The standard InChI is InChI=1S/C15H6F10/c1-5-2-3-6(7(4-5)14(20,21)22)8-10(16)12(18)9(15(23,24)25)13(19)11(8)17/h2-4H,1H3. The maximum atomic E-state index is 13.9. The molecule has 0 amide bonds. The van der Waals surface area contributed by atoms with Gasteiger partial charge in [0.15, 0.2) is 23.3 Å². The van der Waals surface area contributed by atoms with Gasteiger partial charge >= 0.3 is 12.4 Å². The van der Waals surface area contributed by atoms with Gasteiger partial charge in [-0.05, 0) is 18.6 Å². The maximum Gasteiger partial charge on any atom is 0.422 e. The van der Waals surface area contributed by atoms with Crippen molar-refractivity contribution < 1.29 is 43.9 Å². The van der Waals surface area contributed by atoms with Crippen molar-refractivity contribution >= 4 is 0 Å². The monoisotopic (exact) mass is 376 g/mol. The van der Waals surface area contributed by atoms with Crippen molar-refractivity contribution in [1.82, 2.24) is 0 Å². The molecule has 25 heavy (non-hydrogen) atoms. The fourth-order valence-corrected chi connectivity index (χ4v) is 2.23. The SMILES string of the molecule is Cc1ccc(-c2c(F)c(F)c(C(F)(F)F)c(F)c2F)c(C(F)(F)F)c1. The van der Waals surface area contributed by atoms with Crippen molar-refractivity contribution in [2.45, 2.75) is 19.3 Å². The van der Waals surface area contributed by atoms with Crippen LogP contribution in [0.25, 0.3) is 11.1 Å². The van der Waals surface area contributed by atoms with Gasteiger partial charge in [0, 0.05) is 0 Å². The van der Waals surface area contributed by atoms with Crippen molar-refractivity contribution in [2.75, 3.05) is 0 Å². The summed E-state index contributed by atoms with van der Waals surface area (Å²) in [5, 5.41) is 0. The van der Waals surface area contributed by atoms with Crippen LogP contribution < -0.4 is 0 Å². The van der Waals surface area contributed by atoms with Crippen LogP contribution in [0.5, 0.6) is 0 Å². The Labute approximate surface area is 133 Å². The predicted molar refractivity (Wildman–Crippen MR) is 66.5 cm³/mol. The molecule has 0 saturated heterocycles. The summed E-state index contributed by atoms with van der Waals surface area (Å²) in [6.07, 6.45) is -11.0. The molecular weight excluding hydrogens is 370 g/mol. The average molecular weight is 376 g/mol. The third kappa shape index (κ3) is 3.29. The number of benzene rings is 2. The summed E-state index contributed by atoms with van der Waals surface area (Å²) in [5.74, 6) is -10.8. The van der Waals surface area contributed by atoms with E-state index in [1.165, 1.54) is 6.92 Å². The lowest BCUT2D eigenvalue weighted by molar-refractivity contribution is -0.143. The molecular formula is C15H6F10. The maximum absolute atomic E-state index is 13.9. The predicted octanol–water partition coefficient (Wildman–Crippen LogP) is 6.26. The van der Waals surface area contributed by atoms with Gasteiger partial charge in [0.05, 0.1) is 11.1 Å². The van der Waals surface area contributed by atoms with Gasteiger partial charge in [-0.2, -0.15) is 26.3 Å². The van der Waals surface area contributed by atoms with E-state index in [-0.39, 0.29) is 5.56 Å². The van der Waals surface area contributed by atoms with Gasteiger partial charge in [-0.1, -0.05) is 17.7 Å². The Bertz CT molecular complexity index is 801. The third-order valence-electron chi connectivity index (χ3n) is 3.30. The third-order valence-corrected chi connectivity index (χ3v) is 3.30. The first-order chi connectivity index (χ1) is 11.3. The van der Waals surface area contributed by atoms with Crippen molar-refractivity contribution in [3.63, 3.8) is 0 Å². The van der Waals surface area contributed by atoms with E-state index in [9.17, 15) is 43.9 Å². The molecule has 0 spiro atoms. The van der Waals surface area contributed by atoms with Crippen molar-refractivity contribution in [2.24, 2.45) is 0 Å². The lowest BCUT2D eigenvalue weighted by Gasteiger charge is -2.18.